The summed E-state index contributed by atoms with van der Waals surface area (Å²) >= 11 is 3.05. The number of benzene rings is 1. The average Bonchev–Trinajstić information content (AvgIpc) is 3.30. The number of carbonyl (C=O) groups excluding carboxylic acids is 1. The minimum atomic E-state index is -0.321. The van der Waals surface area contributed by atoms with Crippen LogP contribution >= 0.6 is 22.7 Å². The molecule has 7 heteroatoms. The van der Waals surface area contributed by atoms with Gasteiger partial charge in [0.25, 0.3) is 5.91 Å². The van der Waals surface area contributed by atoms with E-state index in [1.807, 2.05) is 6.07 Å². The van der Waals surface area contributed by atoms with Crippen LogP contribution < -0.4 is 10.2 Å². The Bertz CT molecular complexity index is 871. The van der Waals surface area contributed by atoms with Crippen molar-refractivity contribution >= 4 is 48.9 Å². The lowest BCUT2D eigenvalue weighted by molar-refractivity contribution is 0.103. The van der Waals surface area contributed by atoms with Crippen LogP contribution in [0.3, 0.4) is 0 Å². The maximum absolute atomic E-state index is 12.9. The molecule has 1 aromatic carbocycles. The molecule has 1 amide bonds. The van der Waals surface area contributed by atoms with E-state index in [-0.39, 0.29) is 11.7 Å². The van der Waals surface area contributed by atoms with Gasteiger partial charge < -0.3 is 10.2 Å². The van der Waals surface area contributed by atoms with E-state index in [9.17, 15) is 9.18 Å². The van der Waals surface area contributed by atoms with Crippen molar-refractivity contribution in [2.45, 2.75) is 19.8 Å². The van der Waals surface area contributed by atoms with Crippen LogP contribution in [0.25, 0.3) is 9.53 Å². The van der Waals surface area contributed by atoms with Gasteiger partial charge in [0, 0.05) is 18.8 Å². The number of hydrogen-bond acceptors (Lipinski definition) is 5. The Balaban J connectivity index is 1.49. The van der Waals surface area contributed by atoms with E-state index in [4.69, 9.17) is 4.98 Å². The van der Waals surface area contributed by atoms with Crippen molar-refractivity contribution in [1.82, 2.24) is 4.98 Å². The first-order valence-corrected chi connectivity index (χ1v) is 9.98. The second-order valence-corrected chi connectivity index (χ2v) is 8.29. The molecule has 2 aromatic heterocycles. The van der Waals surface area contributed by atoms with E-state index in [2.05, 4.69) is 17.1 Å². The maximum atomic E-state index is 12.9. The number of amides is 1. The highest BCUT2D eigenvalue weighted by molar-refractivity contribution is 7.29. The van der Waals surface area contributed by atoms with Gasteiger partial charge in [0.05, 0.1) is 9.58 Å². The van der Waals surface area contributed by atoms with Crippen molar-refractivity contribution in [1.29, 1.82) is 0 Å². The fourth-order valence-electron chi connectivity index (χ4n) is 3.04. The Hall–Kier alpha value is -1.99. The monoisotopic (exact) mass is 375 g/mol. The molecule has 130 valence electrons. The standard InChI is InChI=1S/C18H18FN3OS2/c1-2-11-7-8-22(10-11)18-21-17-15(25-18)9-14(24-17)16(23)20-13-5-3-12(19)4-6-13/h3-6,9,11H,2,7-8,10H2,1H3,(H,20,23). The van der Waals surface area contributed by atoms with Gasteiger partial charge in [-0.25, -0.2) is 9.37 Å². The number of fused-ring (bicyclic) bond motifs is 1. The number of hydrogen-bond donors (Lipinski definition) is 1. The number of nitrogens with one attached hydrogen (secondary N) is 1. The highest BCUT2D eigenvalue weighted by Gasteiger charge is 2.24. The van der Waals surface area contributed by atoms with Gasteiger partial charge in [-0.15, -0.1) is 11.3 Å². The predicted molar refractivity (Wildman–Crippen MR) is 102 cm³/mol. The zero-order valence-corrected chi connectivity index (χ0v) is 15.4. The van der Waals surface area contributed by atoms with Gasteiger partial charge >= 0.3 is 0 Å². The van der Waals surface area contributed by atoms with E-state index >= 15 is 0 Å². The molecule has 1 saturated heterocycles. The van der Waals surface area contributed by atoms with Crippen LogP contribution in [0.2, 0.25) is 0 Å². The molecule has 4 rings (SSSR count). The minimum Gasteiger partial charge on any atom is -0.348 e. The minimum absolute atomic E-state index is 0.185. The van der Waals surface area contributed by atoms with Crippen molar-refractivity contribution in [3.63, 3.8) is 0 Å². The molecule has 0 radical (unpaired) electrons. The Labute approximate surface area is 153 Å². The number of carbonyl (C=O) groups is 1. The molecule has 1 aliphatic rings. The molecule has 0 bridgehead atoms. The van der Waals surface area contributed by atoms with Gasteiger partial charge in [-0.2, -0.15) is 0 Å². The Morgan fingerprint density at radius 1 is 1.36 bits per heavy atom. The number of thiazole rings is 1. The van der Waals surface area contributed by atoms with E-state index < -0.39 is 0 Å². The number of nitrogens with zero attached hydrogens (tertiary/aromatic N) is 2. The Kier molecular flexibility index (Phi) is 4.43. The van der Waals surface area contributed by atoms with Crippen LogP contribution in [-0.2, 0) is 0 Å². The number of halogens is 1. The smallest absolute Gasteiger partial charge is 0.265 e. The number of aromatic nitrogens is 1. The van der Waals surface area contributed by atoms with Gasteiger partial charge in [-0.05, 0) is 42.7 Å². The molecule has 0 spiro atoms. The van der Waals surface area contributed by atoms with Crippen LogP contribution in [0.4, 0.5) is 15.2 Å². The quantitative estimate of drug-likeness (QED) is 0.699. The summed E-state index contributed by atoms with van der Waals surface area (Å²) < 4.78 is 14.0. The first kappa shape index (κ1) is 16.5. The average molecular weight is 375 g/mol. The third-order valence-corrected chi connectivity index (χ3v) is 6.76. The van der Waals surface area contributed by atoms with Crippen LogP contribution in [0.15, 0.2) is 30.3 Å². The summed E-state index contributed by atoms with van der Waals surface area (Å²) in [5.74, 6) is 0.258. The molecule has 25 heavy (non-hydrogen) atoms. The van der Waals surface area contributed by atoms with Crippen molar-refractivity contribution in [3.05, 3.63) is 41.0 Å². The number of anilines is 2. The maximum Gasteiger partial charge on any atom is 0.265 e. The van der Waals surface area contributed by atoms with Gasteiger partial charge in [0.1, 0.15) is 10.6 Å². The van der Waals surface area contributed by atoms with Crippen molar-refractivity contribution in [3.8, 4) is 0 Å². The largest absolute Gasteiger partial charge is 0.348 e. The summed E-state index contributed by atoms with van der Waals surface area (Å²) in [7, 11) is 0. The summed E-state index contributed by atoms with van der Waals surface area (Å²) in [6.07, 6.45) is 2.44. The normalized spacial score (nSPS) is 17.4. The van der Waals surface area contributed by atoms with E-state index in [1.54, 1.807) is 23.5 Å². The van der Waals surface area contributed by atoms with Crippen LogP contribution in [0, 0.1) is 11.7 Å². The molecule has 3 heterocycles. The molecule has 1 N–H and O–H groups in total. The van der Waals surface area contributed by atoms with E-state index in [0.717, 1.165) is 33.7 Å². The molecule has 1 unspecified atom stereocenters. The summed E-state index contributed by atoms with van der Waals surface area (Å²) in [5, 5.41) is 3.85. The third-order valence-electron chi connectivity index (χ3n) is 4.54. The van der Waals surface area contributed by atoms with Crippen LogP contribution in [-0.4, -0.2) is 24.0 Å². The van der Waals surface area contributed by atoms with Gasteiger partial charge in [-0.3, -0.25) is 4.79 Å². The Morgan fingerprint density at radius 2 is 2.16 bits per heavy atom. The molecule has 3 aromatic rings. The number of thiophene rings is 1. The zero-order chi connectivity index (χ0) is 17.4. The summed E-state index contributed by atoms with van der Waals surface area (Å²) in [6.45, 7) is 4.38. The van der Waals surface area contributed by atoms with Crippen LogP contribution in [0.1, 0.15) is 29.4 Å². The first-order chi connectivity index (χ1) is 12.1. The molecule has 1 aliphatic heterocycles. The molecule has 1 atom stereocenters. The van der Waals surface area contributed by atoms with Gasteiger partial charge in [0.2, 0.25) is 0 Å². The summed E-state index contributed by atoms with van der Waals surface area (Å²) in [4.78, 5) is 21.0. The topological polar surface area (TPSA) is 45.2 Å². The number of rotatable bonds is 4. The predicted octanol–water partition coefficient (Wildman–Crippen LogP) is 4.99. The lowest BCUT2D eigenvalue weighted by Crippen LogP contribution is -2.18. The van der Waals surface area contributed by atoms with E-state index in [0.29, 0.717) is 10.6 Å². The fraction of sp³-hybridized carbons (Fsp3) is 0.333. The highest BCUT2D eigenvalue weighted by Crippen LogP contribution is 2.37. The second kappa shape index (κ2) is 6.72. The lowest BCUT2D eigenvalue weighted by Gasteiger charge is -2.13. The van der Waals surface area contributed by atoms with Crippen molar-refractivity contribution in [2.75, 3.05) is 23.3 Å². The second-order valence-electron chi connectivity index (χ2n) is 6.25. The summed E-state index contributed by atoms with van der Waals surface area (Å²) in [5.41, 5.74) is 0.583. The van der Waals surface area contributed by atoms with Gasteiger partial charge in [0.15, 0.2) is 5.13 Å². The molecular formula is C18H18FN3OS2. The van der Waals surface area contributed by atoms with Gasteiger partial charge in [-0.1, -0.05) is 24.7 Å². The zero-order valence-electron chi connectivity index (χ0n) is 13.8. The first-order valence-electron chi connectivity index (χ1n) is 8.34. The molecule has 0 saturated carbocycles. The Morgan fingerprint density at radius 3 is 2.84 bits per heavy atom. The SMILES string of the molecule is CCC1CCN(c2nc3sc(C(=O)Nc4ccc(F)cc4)cc3s2)C1. The molecule has 0 aliphatic carbocycles. The third kappa shape index (κ3) is 3.39. The lowest BCUT2D eigenvalue weighted by atomic mass is 10.1. The van der Waals surface area contributed by atoms with E-state index in [1.165, 1.54) is 36.3 Å². The van der Waals surface area contributed by atoms with Crippen molar-refractivity contribution in [2.24, 2.45) is 5.92 Å². The fourth-order valence-corrected chi connectivity index (χ4v) is 5.18. The highest BCUT2D eigenvalue weighted by atomic mass is 32.1. The van der Waals surface area contributed by atoms with Crippen molar-refractivity contribution < 1.29 is 9.18 Å². The molecule has 4 nitrogen and oxygen atoms in total. The molecular weight excluding hydrogens is 357 g/mol. The summed E-state index contributed by atoms with van der Waals surface area (Å²) in [6, 6.07) is 7.66. The van der Waals surface area contributed by atoms with Crippen LogP contribution in [0.5, 0.6) is 0 Å². The molecule has 1 fully saturated rings.